The summed E-state index contributed by atoms with van der Waals surface area (Å²) >= 11 is 0. The number of carbonyl (C=O) groups excluding carboxylic acids is 2. The van der Waals surface area contributed by atoms with Gasteiger partial charge in [-0.25, -0.2) is 19.5 Å². The van der Waals surface area contributed by atoms with Gasteiger partial charge in [-0.15, -0.1) is 0 Å². The molecule has 0 atom stereocenters. The molecule has 11 nitrogen and oxygen atoms in total. The van der Waals surface area contributed by atoms with E-state index in [2.05, 4.69) is 25.9 Å². The van der Waals surface area contributed by atoms with E-state index in [1.165, 1.54) is 0 Å². The number of aryl methyl sites for hydroxylation is 1. The third kappa shape index (κ3) is 5.39. The van der Waals surface area contributed by atoms with Crippen LogP contribution in [0.3, 0.4) is 0 Å². The Morgan fingerprint density at radius 2 is 1.66 bits per heavy atom. The van der Waals surface area contributed by atoms with Crippen molar-refractivity contribution in [2.75, 3.05) is 16.0 Å². The summed E-state index contributed by atoms with van der Waals surface area (Å²) in [6.45, 7) is 5.04. The molecule has 3 aromatic rings. The van der Waals surface area contributed by atoms with Crippen molar-refractivity contribution in [3.05, 3.63) is 72.1 Å². The van der Waals surface area contributed by atoms with Crippen LogP contribution in [0.4, 0.5) is 27.8 Å². The summed E-state index contributed by atoms with van der Waals surface area (Å²) in [6.07, 6.45) is 3.26. The van der Waals surface area contributed by atoms with Crippen LogP contribution in [0.15, 0.2) is 60.9 Å². The topological polar surface area (TPSA) is 145 Å². The molecular formula is C23H25N7O4S. The van der Waals surface area contributed by atoms with Gasteiger partial charge in [0.25, 0.3) is 5.91 Å². The lowest BCUT2D eigenvalue weighted by Gasteiger charge is -2.25. The maximum Gasteiger partial charge on any atom is 0.323 e. The molecule has 12 heteroatoms. The van der Waals surface area contributed by atoms with Crippen molar-refractivity contribution in [2.24, 2.45) is 0 Å². The lowest BCUT2D eigenvalue weighted by atomic mass is 10.0. The first-order chi connectivity index (χ1) is 16.5. The molecule has 0 radical (unpaired) electrons. The lowest BCUT2D eigenvalue weighted by molar-refractivity contribution is -0.125. The Kier molecular flexibility index (Phi) is 6.41. The molecule has 4 rings (SSSR count). The number of urea groups is 1. The van der Waals surface area contributed by atoms with Crippen LogP contribution in [0, 0.1) is 6.92 Å². The number of nitrogens with zero attached hydrogens (tertiary/aromatic N) is 3. The van der Waals surface area contributed by atoms with Gasteiger partial charge in [0.1, 0.15) is 5.54 Å². The summed E-state index contributed by atoms with van der Waals surface area (Å²) in [5.74, 6) is -0.124. The SMILES string of the molecule is Cc1ccc(NC(=O)Nc2ccc(CN3C(C)(C)C(=O)NS3(=O)=O)cc2)cc1Nc1ncccn1. The zero-order valence-electron chi connectivity index (χ0n) is 19.4. The van der Waals surface area contributed by atoms with Crippen LogP contribution >= 0.6 is 0 Å². The zero-order chi connectivity index (χ0) is 25.2. The molecule has 35 heavy (non-hydrogen) atoms. The van der Waals surface area contributed by atoms with Gasteiger partial charge in [0.2, 0.25) is 5.95 Å². The van der Waals surface area contributed by atoms with E-state index in [9.17, 15) is 18.0 Å². The molecule has 182 valence electrons. The van der Waals surface area contributed by atoms with Crippen LogP contribution in [-0.2, 0) is 21.5 Å². The minimum absolute atomic E-state index is 0.0187. The maximum absolute atomic E-state index is 12.5. The Labute approximate surface area is 203 Å². The van der Waals surface area contributed by atoms with Crippen LogP contribution < -0.4 is 20.7 Å². The average molecular weight is 496 g/mol. The fraction of sp³-hybridized carbons (Fsp3) is 0.217. The minimum atomic E-state index is -3.89. The van der Waals surface area contributed by atoms with Gasteiger partial charge in [-0.05, 0) is 62.2 Å². The van der Waals surface area contributed by atoms with Crippen molar-refractivity contribution in [3.63, 3.8) is 0 Å². The molecule has 1 aliphatic heterocycles. The van der Waals surface area contributed by atoms with E-state index in [1.807, 2.05) is 17.7 Å². The molecule has 0 spiro atoms. The number of amides is 3. The minimum Gasteiger partial charge on any atom is -0.324 e. The van der Waals surface area contributed by atoms with Crippen molar-refractivity contribution in [3.8, 4) is 0 Å². The molecule has 0 aliphatic carbocycles. The summed E-state index contributed by atoms with van der Waals surface area (Å²) in [4.78, 5) is 32.8. The smallest absolute Gasteiger partial charge is 0.323 e. The molecule has 4 N–H and O–H groups in total. The monoisotopic (exact) mass is 495 g/mol. The molecule has 3 amide bonds. The third-order valence-corrected chi connectivity index (χ3v) is 7.15. The van der Waals surface area contributed by atoms with E-state index >= 15 is 0 Å². The van der Waals surface area contributed by atoms with E-state index in [4.69, 9.17) is 0 Å². The van der Waals surface area contributed by atoms with Crippen LogP contribution in [0.2, 0.25) is 0 Å². The normalized spacial score (nSPS) is 16.4. The number of anilines is 4. The quantitative estimate of drug-likeness (QED) is 0.411. The first kappa shape index (κ1) is 24.1. The highest BCUT2D eigenvalue weighted by atomic mass is 32.2. The molecular weight excluding hydrogens is 470 g/mol. The largest absolute Gasteiger partial charge is 0.324 e. The zero-order valence-corrected chi connectivity index (χ0v) is 20.2. The summed E-state index contributed by atoms with van der Waals surface area (Å²) in [5, 5.41) is 8.64. The van der Waals surface area contributed by atoms with Gasteiger partial charge in [-0.2, -0.15) is 12.7 Å². The van der Waals surface area contributed by atoms with Crippen molar-refractivity contribution >= 4 is 45.2 Å². The van der Waals surface area contributed by atoms with Gasteiger partial charge in [-0.3, -0.25) is 4.79 Å². The Morgan fingerprint density at radius 3 is 2.29 bits per heavy atom. The van der Waals surface area contributed by atoms with Gasteiger partial charge in [0, 0.05) is 36.0 Å². The predicted octanol–water partition coefficient (Wildman–Crippen LogP) is 3.13. The number of rotatable bonds is 6. The molecule has 0 saturated carbocycles. The molecule has 0 unspecified atom stereocenters. The highest BCUT2D eigenvalue weighted by molar-refractivity contribution is 7.88. The lowest BCUT2D eigenvalue weighted by Crippen LogP contribution is -2.43. The van der Waals surface area contributed by atoms with E-state index in [0.29, 0.717) is 22.9 Å². The molecule has 1 saturated heterocycles. The molecule has 2 heterocycles. The van der Waals surface area contributed by atoms with Crippen LogP contribution in [0.5, 0.6) is 0 Å². The average Bonchev–Trinajstić information content (AvgIpc) is 2.95. The number of carbonyl (C=O) groups is 2. The van der Waals surface area contributed by atoms with Gasteiger partial charge in [0.05, 0.1) is 0 Å². The van der Waals surface area contributed by atoms with Gasteiger partial charge >= 0.3 is 16.2 Å². The Balaban J connectivity index is 1.39. The maximum atomic E-state index is 12.5. The first-order valence-electron chi connectivity index (χ1n) is 10.7. The fourth-order valence-corrected chi connectivity index (χ4v) is 5.06. The number of benzene rings is 2. The number of aromatic nitrogens is 2. The standard InChI is InChI=1S/C23H25N7O4S/c1-15-5-8-18(13-19(15)28-21-24-11-4-12-25-21)27-22(32)26-17-9-6-16(7-10-17)14-30-23(2,3)20(31)29-35(30,33)34/h4-13H,14H2,1-3H3,(H,29,31)(H,24,25,28)(H2,26,27,32). The van der Waals surface area contributed by atoms with Crippen molar-refractivity contribution in [1.82, 2.24) is 19.0 Å². The second kappa shape index (κ2) is 9.31. The highest BCUT2D eigenvalue weighted by Crippen LogP contribution is 2.28. The first-order valence-corrected chi connectivity index (χ1v) is 12.2. The van der Waals surface area contributed by atoms with Gasteiger partial charge in [-0.1, -0.05) is 18.2 Å². The van der Waals surface area contributed by atoms with E-state index in [-0.39, 0.29) is 6.54 Å². The summed E-state index contributed by atoms with van der Waals surface area (Å²) in [7, 11) is -3.89. The molecule has 1 aromatic heterocycles. The predicted molar refractivity (Wildman–Crippen MR) is 132 cm³/mol. The molecule has 2 aromatic carbocycles. The van der Waals surface area contributed by atoms with E-state index in [1.54, 1.807) is 68.7 Å². The molecule has 0 bridgehead atoms. The Morgan fingerprint density at radius 1 is 1.03 bits per heavy atom. The number of hydrogen-bond donors (Lipinski definition) is 4. The number of hydrogen-bond acceptors (Lipinski definition) is 7. The Bertz CT molecular complexity index is 1360. The van der Waals surface area contributed by atoms with E-state index < -0.39 is 27.7 Å². The van der Waals surface area contributed by atoms with Gasteiger partial charge < -0.3 is 16.0 Å². The van der Waals surface area contributed by atoms with Crippen molar-refractivity contribution in [1.29, 1.82) is 0 Å². The molecule has 1 aliphatic rings. The van der Waals surface area contributed by atoms with Crippen LogP contribution in [0.1, 0.15) is 25.0 Å². The summed E-state index contributed by atoms with van der Waals surface area (Å²) < 4.78 is 27.6. The van der Waals surface area contributed by atoms with Gasteiger partial charge in [0.15, 0.2) is 0 Å². The third-order valence-electron chi connectivity index (χ3n) is 5.54. The second-order valence-corrected chi connectivity index (χ2v) is 10.1. The second-order valence-electron chi connectivity index (χ2n) is 8.51. The fourth-order valence-electron chi connectivity index (χ4n) is 3.46. The Hall–Kier alpha value is -4.03. The molecule has 1 fully saturated rings. The van der Waals surface area contributed by atoms with Crippen LogP contribution in [-0.4, -0.2) is 40.2 Å². The summed E-state index contributed by atoms with van der Waals surface area (Å²) in [6, 6.07) is 13.4. The van der Waals surface area contributed by atoms with Crippen molar-refractivity contribution < 1.29 is 18.0 Å². The number of nitrogens with one attached hydrogen (secondary N) is 4. The summed E-state index contributed by atoms with van der Waals surface area (Å²) in [5.41, 5.74) is 2.28. The van der Waals surface area contributed by atoms with Crippen LogP contribution in [0.25, 0.3) is 0 Å². The highest BCUT2D eigenvalue weighted by Gasteiger charge is 2.50. The van der Waals surface area contributed by atoms with Crippen molar-refractivity contribution in [2.45, 2.75) is 32.9 Å². The van der Waals surface area contributed by atoms with E-state index in [0.717, 1.165) is 15.6 Å².